The maximum atomic E-state index is 11.2. The number of hydroxylamine groups is 1. The van der Waals surface area contributed by atoms with Crippen LogP contribution in [0.4, 0.5) is 0 Å². The fourth-order valence-electron chi connectivity index (χ4n) is 6.65. The van der Waals surface area contributed by atoms with Crippen LogP contribution in [0.5, 0.6) is 5.75 Å². The van der Waals surface area contributed by atoms with Crippen molar-refractivity contribution in [2.24, 2.45) is 17.8 Å². The summed E-state index contributed by atoms with van der Waals surface area (Å²) in [6, 6.07) is 11.5. The highest BCUT2D eigenvalue weighted by atomic mass is 35.5. The van der Waals surface area contributed by atoms with Crippen LogP contribution < -0.4 is 5.48 Å². The van der Waals surface area contributed by atoms with Crippen LogP contribution in [0.15, 0.2) is 42.5 Å². The van der Waals surface area contributed by atoms with Crippen molar-refractivity contribution < 1.29 is 15.1 Å². The van der Waals surface area contributed by atoms with Crippen molar-refractivity contribution >= 4 is 23.6 Å². The number of hydrogen-bond acceptors (Lipinski definition) is 3. The van der Waals surface area contributed by atoms with Crippen LogP contribution in [0, 0.1) is 17.8 Å². The van der Waals surface area contributed by atoms with E-state index in [2.05, 4.69) is 6.07 Å². The molecule has 0 aromatic heterocycles. The second-order valence-electron chi connectivity index (χ2n) is 9.48. The molecule has 4 saturated carbocycles. The molecule has 0 saturated heterocycles. The summed E-state index contributed by atoms with van der Waals surface area (Å²) in [7, 11) is 0. The smallest absolute Gasteiger partial charge is 0.267 e. The predicted molar refractivity (Wildman–Crippen MR) is 117 cm³/mol. The Morgan fingerprint density at radius 2 is 1.70 bits per heavy atom. The van der Waals surface area contributed by atoms with E-state index in [1.165, 1.54) is 44.6 Å². The van der Waals surface area contributed by atoms with Gasteiger partial charge in [-0.2, -0.15) is 0 Å². The van der Waals surface area contributed by atoms with Gasteiger partial charge in [-0.15, -0.1) is 0 Å². The highest BCUT2D eigenvalue weighted by molar-refractivity contribution is 6.33. The number of halogens is 1. The molecule has 5 heteroatoms. The van der Waals surface area contributed by atoms with Gasteiger partial charge < -0.3 is 5.11 Å². The van der Waals surface area contributed by atoms with Gasteiger partial charge in [0.2, 0.25) is 0 Å². The molecule has 30 heavy (non-hydrogen) atoms. The Hall–Kier alpha value is -2.30. The first kappa shape index (κ1) is 19.7. The number of phenolic OH excluding ortho intramolecular Hbond substituents is 1. The molecule has 4 bridgehead atoms. The average Bonchev–Trinajstić information content (AvgIpc) is 2.71. The Bertz CT molecular complexity index is 994. The Balaban J connectivity index is 1.48. The molecule has 4 nitrogen and oxygen atoms in total. The average molecular weight is 424 g/mol. The number of phenols is 1. The summed E-state index contributed by atoms with van der Waals surface area (Å²) in [5, 5.41) is 20.0. The molecular formula is C25H26ClNO3. The number of nitrogens with one attached hydrogen (secondary N) is 1. The van der Waals surface area contributed by atoms with Gasteiger partial charge in [0, 0.05) is 22.2 Å². The molecule has 0 unspecified atom stereocenters. The van der Waals surface area contributed by atoms with Gasteiger partial charge in [-0.1, -0.05) is 29.8 Å². The van der Waals surface area contributed by atoms with Crippen molar-refractivity contribution in [2.75, 3.05) is 0 Å². The predicted octanol–water partition coefficient (Wildman–Crippen LogP) is 5.70. The Kier molecular flexibility index (Phi) is 4.87. The molecule has 4 aliphatic rings. The molecule has 2 aromatic carbocycles. The van der Waals surface area contributed by atoms with Crippen molar-refractivity contribution in [1.82, 2.24) is 5.48 Å². The highest BCUT2D eigenvalue weighted by Crippen LogP contribution is 2.62. The number of carbonyl (C=O) groups is 1. The topological polar surface area (TPSA) is 69.6 Å². The van der Waals surface area contributed by atoms with E-state index in [-0.39, 0.29) is 5.41 Å². The van der Waals surface area contributed by atoms with E-state index in [0.717, 1.165) is 40.0 Å². The number of hydrogen-bond donors (Lipinski definition) is 3. The van der Waals surface area contributed by atoms with Crippen LogP contribution in [-0.4, -0.2) is 16.2 Å². The van der Waals surface area contributed by atoms with Gasteiger partial charge in [0.05, 0.1) is 0 Å². The third-order valence-electron chi connectivity index (χ3n) is 7.45. The van der Waals surface area contributed by atoms with Crippen molar-refractivity contribution in [2.45, 2.75) is 43.9 Å². The van der Waals surface area contributed by atoms with Crippen LogP contribution >= 0.6 is 11.6 Å². The Labute approximate surface area is 181 Å². The van der Waals surface area contributed by atoms with Crippen LogP contribution in [0.25, 0.3) is 17.2 Å². The summed E-state index contributed by atoms with van der Waals surface area (Å²) in [6.07, 6.45) is 10.5. The van der Waals surface area contributed by atoms with E-state index < -0.39 is 5.91 Å². The first-order chi connectivity index (χ1) is 14.5. The molecule has 1 amide bonds. The first-order valence-corrected chi connectivity index (χ1v) is 11.1. The van der Waals surface area contributed by atoms with E-state index in [1.807, 2.05) is 24.3 Å². The minimum absolute atomic E-state index is 0.113. The van der Waals surface area contributed by atoms with E-state index in [4.69, 9.17) is 16.8 Å². The first-order valence-electron chi connectivity index (χ1n) is 10.7. The van der Waals surface area contributed by atoms with Crippen LogP contribution in [0.1, 0.15) is 49.7 Å². The summed E-state index contributed by atoms with van der Waals surface area (Å²) < 4.78 is 0. The van der Waals surface area contributed by atoms with Gasteiger partial charge in [-0.05, 0) is 97.1 Å². The largest absolute Gasteiger partial charge is 0.508 e. The van der Waals surface area contributed by atoms with Gasteiger partial charge in [0.25, 0.3) is 5.91 Å². The van der Waals surface area contributed by atoms with Gasteiger partial charge >= 0.3 is 0 Å². The number of aromatic hydroxyl groups is 1. The second-order valence-corrected chi connectivity index (χ2v) is 9.89. The lowest BCUT2D eigenvalue weighted by Crippen LogP contribution is -2.48. The minimum Gasteiger partial charge on any atom is -0.508 e. The molecule has 3 N–H and O–H groups in total. The van der Waals surface area contributed by atoms with Gasteiger partial charge in [-0.3, -0.25) is 10.0 Å². The van der Waals surface area contributed by atoms with Crippen LogP contribution in [0.3, 0.4) is 0 Å². The van der Waals surface area contributed by atoms with E-state index in [0.29, 0.717) is 10.8 Å². The third-order valence-corrected chi connectivity index (χ3v) is 7.76. The lowest BCUT2D eigenvalue weighted by atomic mass is 9.48. The van der Waals surface area contributed by atoms with E-state index in [9.17, 15) is 9.90 Å². The van der Waals surface area contributed by atoms with Crippen molar-refractivity contribution in [3.05, 3.63) is 58.6 Å². The summed E-state index contributed by atoms with van der Waals surface area (Å²) in [5.41, 5.74) is 5.47. The fraction of sp³-hybridized carbons (Fsp3) is 0.400. The maximum absolute atomic E-state index is 11.2. The molecule has 156 valence electrons. The lowest BCUT2D eigenvalue weighted by Gasteiger charge is -2.57. The van der Waals surface area contributed by atoms with Gasteiger partial charge in [-0.25, -0.2) is 5.48 Å². The lowest BCUT2D eigenvalue weighted by molar-refractivity contribution is -0.124. The van der Waals surface area contributed by atoms with Gasteiger partial charge in [0.15, 0.2) is 0 Å². The molecular weight excluding hydrogens is 398 g/mol. The molecule has 2 aromatic rings. The van der Waals surface area contributed by atoms with Crippen LogP contribution in [-0.2, 0) is 10.2 Å². The molecule has 0 atom stereocenters. The zero-order valence-electron chi connectivity index (χ0n) is 16.8. The summed E-state index contributed by atoms with van der Waals surface area (Å²) in [5.74, 6) is 2.25. The quantitative estimate of drug-likeness (QED) is 0.335. The normalized spacial score (nSPS) is 29.5. The number of rotatable bonds is 4. The number of benzene rings is 2. The maximum Gasteiger partial charge on any atom is 0.267 e. The Morgan fingerprint density at radius 1 is 1.03 bits per heavy atom. The molecule has 6 rings (SSSR count). The van der Waals surface area contributed by atoms with Gasteiger partial charge in [0.1, 0.15) is 5.75 Å². The monoisotopic (exact) mass is 423 g/mol. The summed E-state index contributed by atoms with van der Waals surface area (Å²) >= 11 is 6.58. The molecule has 0 radical (unpaired) electrons. The Morgan fingerprint density at radius 3 is 2.30 bits per heavy atom. The third kappa shape index (κ3) is 3.42. The fourth-order valence-corrected chi connectivity index (χ4v) is 6.95. The van der Waals surface area contributed by atoms with Crippen LogP contribution in [0.2, 0.25) is 5.02 Å². The molecule has 0 aliphatic heterocycles. The summed E-state index contributed by atoms with van der Waals surface area (Å²) in [6.45, 7) is 0. The molecule has 4 aliphatic carbocycles. The molecule has 0 spiro atoms. The van der Waals surface area contributed by atoms with Crippen molar-refractivity contribution in [3.63, 3.8) is 0 Å². The van der Waals surface area contributed by atoms with Crippen molar-refractivity contribution in [1.29, 1.82) is 0 Å². The standard InChI is InChI=1S/C25H26ClNO3/c26-22-10-15(2-6-24(29)27-30)1-4-20(22)19-3-5-23(28)21(11-19)25-12-16-7-17(13-25)9-18(8-16)14-25/h1-6,10-11,16-18,28,30H,7-9,12-14H2,(H,27,29). The number of amides is 1. The minimum atomic E-state index is -0.589. The van der Waals surface area contributed by atoms with E-state index >= 15 is 0 Å². The zero-order chi connectivity index (χ0) is 20.9. The SMILES string of the molecule is O=C(C=Cc1ccc(-c2ccc(O)c(C34CC5CC(CC(C5)C3)C4)c2)c(Cl)c1)NO. The molecule has 4 fully saturated rings. The van der Waals surface area contributed by atoms with Crippen molar-refractivity contribution in [3.8, 4) is 16.9 Å². The second kappa shape index (κ2) is 7.44. The number of carbonyl (C=O) groups excluding carboxylic acids is 1. The highest BCUT2D eigenvalue weighted by Gasteiger charge is 2.52. The summed E-state index contributed by atoms with van der Waals surface area (Å²) in [4.78, 5) is 11.2. The molecule has 0 heterocycles. The van der Waals surface area contributed by atoms with E-state index in [1.54, 1.807) is 17.6 Å². The zero-order valence-corrected chi connectivity index (χ0v) is 17.5.